The van der Waals surface area contributed by atoms with Gasteiger partial charge in [-0.1, -0.05) is 31.8 Å². The van der Waals surface area contributed by atoms with Crippen molar-refractivity contribution in [3.8, 4) is 23.0 Å². The molecule has 1 atom stereocenters. The van der Waals surface area contributed by atoms with Crippen molar-refractivity contribution in [3.63, 3.8) is 0 Å². The van der Waals surface area contributed by atoms with Gasteiger partial charge in [-0.25, -0.2) is 0 Å². The van der Waals surface area contributed by atoms with Crippen LogP contribution in [0, 0.1) is 28.4 Å². The third-order valence-electron chi connectivity index (χ3n) is 5.26. The summed E-state index contributed by atoms with van der Waals surface area (Å²) in [6, 6.07) is 6.72. The van der Waals surface area contributed by atoms with Crippen LogP contribution in [0.3, 0.4) is 0 Å². The largest absolute Gasteiger partial charge is 0.490 e. The average Bonchev–Trinajstić information content (AvgIpc) is 2.99. The van der Waals surface area contributed by atoms with Crippen LogP contribution in [0.5, 0.6) is 5.75 Å². The number of thiocyanates is 1. The fourth-order valence-electron chi connectivity index (χ4n) is 3.14. The van der Waals surface area contributed by atoms with Crippen molar-refractivity contribution in [2.75, 3.05) is 85.7 Å². The van der Waals surface area contributed by atoms with E-state index in [0.29, 0.717) is 64.0 Å². The van der Waals surface area contributed by atoms with Crippen LogP contribution in [0.4, 0.5) is 0 Å². The summed E-state index contributed by atoms with van der Waals surface area (Å²) in [7, 11) is 0. The number of ether oxygens (including phenoxy) is 6. The average molecular weight is 623 g/mol. The number of rotatable bonds is 24. The summed E-state index contributed by atoms with van der Waals surface area (Å²) >= 11 is 0.910. The molecule has 1 aromatic rings. The van der Waals surface area contributed by atoms with E-state index in [2.05, 4.69) is 22.5 Å². The van der Waals surface area contributed by atoms with E-state index < -0.39 is 4.93 Å². The minimum atomic E-state index is -0.996. The maximum absolute atomic E-state index is 12.5. The minimum Gasteiger partial charge on any atom is -0.490 e. The Morgan fingerprint density at radius 1 is 1.00 bits per heavy atom. The van der Waals surface area contributed by atoms with Gasteiger partial charge in [0.05, 0.1) is 52.8 Å². The molecule has 0 aliphatic rings. The molecule has 240 valence electrons. The monoisotopic (exact) mass is 622 g/mol. The Hall–Kier alpha value is -2.88. The van der Waals surface area contributed by atoms with Crippen molar-refractivity contribution >= 4 is 23.6 Å². The van der Waals surface area contributed by atoms with Gasteiger partial charge >= 0.3 is 0 Å². The zero-order valence-corrected chi connectivity index (χ0v) is 26.3. The van der Waals surface area contributed by atoms with Gasteiger partial charge in [-0.15, -0.1) is 0 Å². The molecule has 43 heavy (non-hydrogen) atoms. The fraction of sp³-hybridized carbons (Fsp3) is 0.633. The lowest BCUT2D eigenvalue weighted by Crippen LogP contribution is -2.34. The minimum absolute atomic E-state index is 0.0427. The van der Waals surface area contributed by atoms with Crippen LogP contribution in [-0.4, -0.2) is 102 Å². The molecule has 13 heteroatoms. The SMILES string of the molecule is CC(C)C#CCNC(=O)COCCOC(C)(COc1cccc(C(=O)NCCOCCOCCOCCCN)c1)SC#N. The number of hydrogen-bond donors (Lipinski definition) is 3. The summed E-state index contributed by atoms with van der Waals surface area (Å²) in [6.45, 7) is 9.98. The van der Waals surface area contributed by atoms with Crippen LogP contribution in [0.2, 0.25) is 0 Å². The molecule has 0 saturated heterocycles. The predicted molar refractivity (Wildman–Crippen MR) is 164 cm³/mol. The highest BCUT2D eigenvalue weighted by Crippen LogP contribution is 2.27. The number of thioether (sulfide) groups is 1. The van der Waals surface area contributed by atoms with Gasteiger partial charge in [-0.2, -0.15) is 5.26 Å². The number of nitrogens with zero attached hydrogens (tertiary/aromatic N) is 1. The first-order valence-corrected chi connectivity index (χ1v) is 15.1. The van der Waals surface area contributed by atoms with Gasteiger partial charge in [0.1, 0.15) is 24.4 Å². The third kappa shape index (κ3) is 20.6. The lowest BCUT2D eigenvalue weighted by atomic mass is 10.2. The van der Waals surface area contributed by atoms with Gasteiger partial charge in [0, 0.05) is 24.6 Å². The molecule has 0 saturated carbocycles. The van der Waals surface area contributed by atoms with E-state index in [0.717, 1.165) is 18.2 Å². The van der Waals surface area contributed by atoms with E-state index in [1.54, 1.807) is 31.2 Å². The molecule has 4 N–H and O–H groups in total. The van der Waals surface area contributed by atoms with E-state index in [4.69, 9.17) is 34.2 Å². The van der Waals surface area contributed by atoms with Crippen molar-refractivity contribution in [2.24, 2.45) is 11.7 Å². The first-order valence-electron chi connectivity index (χ1n) is 14.3. The Kier molecular flexibility index (Phi) is 21.8. The summed E-state index contributed by atoms with van der Waals surface area (Å²) in [5.74, 6) is 5.99. The molecule has 0 bridgehead atoms. The zero-order valence-electron chi connectivity index (χ0n) is 25.5. The molecule has 0 heterocycles. The van der Waals surface area contributed by atoms with Crippen molar-refractivity contribution < 1.29 is 38.0 Å². The van der Waals surface area contributed by atoms with E-state index >= 15 is 0 Å². The molecule has 1 aromatic carbocycles. The molecule has 0 radical (unpaired) electrons. The van der Waals surface area contributed by atoms with Crippen LogP contribution >= 0.6 is 11.8 Å². The molecule has 1 unspecified atom stereocenters. The summed E-state index contributed by atoms with van der Waals surface area (Å²) in [4.78, 5) is 23.3. The number of nitrogens with two attached hydrogens (primary N) is 1. The predicted octanol–water partition coefficient (Wildman–Crippen LogP) is 1.93. The van der Waals surface area contributed by atoms with E-state index in [-0.39, 0.29) is 50.7 Å². The van der Waals surface area contributed by atoms with E-state index in [1.165, 1.54) is 0 Å². The smallest absolute Gasteiger partial charge is 0.251 e. The molecule has 0 fully saturated rings. The Morgan fingerprint density at radius 3 is 2.40 bits per heavy atom. The molecule has 0 aliphatic heterocycles. The number of carbonyl (C=O) groups is 2. The van der Waals surface area contributed by atoms with Crippen molar-refractivity contribution in [1.29, 1.82) is 5.26 Å². The summed E-state index contributed by atoms with van der Waals surface area (Å²) < 4.78 is 33.3. The number of carbonyl (C=O) groups excluding carboxylic acids is 2. The van der Waals surface area contributed by atoms with Gasteiger partial charge in [-0.05, 0) is 49.9 Å². The molecule has 2 amide bonds. The molecule has 0 aromatic heterocycles. The van der Waals surface area contributed by atoms with Gasteiger partial charge in [-0.3, -0.25) is 9.59 Å². The quantitative estimate of drug-likeness (QED) is 0.0668. The lowest BCUT2D eigenvalue weighted by Gasteiger charge is -2.26. The number of benzene rings is 1. The van der Waals surface area contributed by atoms with E-state index in [1.807, 2.05) is 19.2 Å². The van der Waals surface area contributed by atoms with Crippen LogP contribution in [0.1, 0.15) is 37.6 Å². The van der Waals surface area contributed by atoms with Gasteiger partial charge in [0.25, 0.3) is 5.91 Å². The highest BCUT2D eigenvalue weighted by molar-refractivity contribution is 8.04. The van der Waals surface area contributed by atoms with Crippen LogP contribution in [-0.2, 0) is 28.5 Å². The highest BCUT2D eigenvalue weighted by atomic mass is 32.2. The Morgan fingerprint density at radius 2 is 1.70 bits per heavy atom. The normalized spacial score (nSPS) is 12.1. The third-order valence-corrected chi connectivity index (χ3v) is 6.02. The first-order chi connectivity index (χ1) is 20.8. The second-order valence-corrected chi connectivity index (χ2v) is 10.8. The molecule has 0 aliphatic carbocycles. The van der Waals surface area contributed by atoms with E-state index in [9.17, 15) is 14.9 Å². The van der Waals surface area contributed by atoms with Gasteiger partial charge in [0.15, 0.2) is 4.93 Å². The molecule has 1 rings (SSSR count). The lowest BCUT2D eigenvalue weighted by molar-refractivity contribution is -0.126. The second-order valence-electron chi connectivity index (χ2n) is 9.53. The number of nitriles is 1. The van der Waals surface area contributed by atoms with Crippen LogP contribution in [0.15, 0.2) is 24.3 Å². The molecular weight excluding hydrogens is 576 g/mol. The van der Waals surface area contributed by atoms with Gasteiger partial charge < -0.3 is 44.8 Å². The first kappa shape index (κ1) is 38.1. The van der Waals surface area contributed by atoms with Crippen LogP contribution < -0.4 is 21.1 Å². The Labute approximate surface area is 259 Å². The number of amides is 2. The van der Waals surface area contributed by atoms with Crippen molar-refractivity contribution in [3.05, 3.63) is 29.8 Å². The second kappa shape index (κ2) is 24.6. The Balaban J connectivity index is 2.30. The fourth-order valence-corrected chi connectivity index (χ4v) is 3.59. The summed E-state index contributed by atoms with van der Waals surface area (Å²) in [5.41, 5.74) is 5.82. The summed E-state index contributed by atoms with van der Waals surface area (Å²) in [6.07, 6.45) is 0.832. The molecular formula is C30H46N4O8S. The van der Waals surface area contributed by atoms with Crippen molar-refractivity contribution in [2.45, 2.75) is 32.1 Å². The number of nitrogens with one attached hydrogen (secondary N) is 2. The summed E-state index contributed by atoms with van der Waals surface area (Å²) in [5, 5.41) is 16.7. The Bertz CT molecular complexity index is 1030. The van der Waals surface area contributed by atoms with Gasteiger partial charge in [0.2, 0.25) is 5.91 Å². The van der Waals surface area contributed by atoms with Crippen LogP contribution in [0.25, 0.3) is 0 Å². The van der Waals surface area contributed by atoms with Crippen molar-refractivity contribution in [1.82, 2.24) is 10.6 Å². The topological polar surface area (TPSA) is 163 Å². The highest BCUT2D eigenvalue weighted by Gasteiger charge is 2.28. The number of hydrogen-bond acceptors (Lipinski definition) is 11. The maximum Gasteiger partial charge on any atom is 0.251 e. The zero-order chi connectivity index (χ0) is 31.6. The molecule has 12 nitrogen and oxygen atoms in total. The standard InChI is InChI=1S/C30H46N4O8S/c1-25(2)7-5-11-33-28(35)22-40-19-20-42-30(3,43-24-32)23-41-27-9-4-8-26(21-27)29(36)34-12-14-38-16-18-39-17-15-37-13-6-10-31/h4,8-9,21,25H,6,10-20,22-23,31H2,1-3H3,(H,33,35)(H,34,36). The molecule has 0 spiro atoms. The maximum atomic E-state index is 12.5.